The van der Waals surface area contributed by atoms with Crippen molar-refractivity contribution in [1.82, 2.24) is 9.80 Å². The molecule has 1 amide bonds. The van der Waals surface area contributed by atoms with E-state index in [9.17, 15) is 9.18 Å². The van der Waals surface area contributed by atoms with Crippen LogP contribution in [-0.2, 0) is 4.79 Å². The van der Waals surface area contributed by atoms with Crippen LogP contribution in [0, 0.1) is 5.82 Å². The van der Waals surface area contributed by atoms with E-state index in [-0.39, 0.29) is 23.6 Å². The number of likely N-dealkylation sites (tertiary alicyclic amines) is 2. The molecule has 2 fully saturated rings. The predicted molar refractivity (Wildman–Crippen MR) is 82.3 cm³/mol. The highest BCUT2D eigenvalue weighted by Gasteiger charge is 2.32. The van der Waals surface area contributed by atoms with Crippen LogP contribution in [0.5, 0.6) is 5.75 Å². The van der Waals surface area contributed by atoms with Gasteiger partial charge in [-0.1, -0.05) is 18.6 Å². The maximum Gasteiger partial charge on any atom is 0.224 e. The summed E-state index contributed by atoms with van der Waals surface area (Å²) in [7, 11) is 0. The van der Waals surface area contributed by atoms with Crippen LogP contribution in [0.25, 0.3) is 0 Å². The fourth-order valence-electron chi connectivity index (χ4n) is 3.03. The molecule has 2 saturated heterocycles. The number of hydrogen-bond donors (Lipinski definition) is 0. The Kier molecular flexibility index (Phi) is 4.93. The summed E-state index contributed by atoms with van der Waals surface area (Å²) in [6, 6.07) is 6.39. The Bertz CT molecular complexity index is 511. The zero-order valence-electron chi connectivity index (χ0n) is 12.8. The molecule has 0 radical (unpaired) electrons. The largest absolute Gasteiger partial charge is 0.484 e. The van der Waals surface area contributed by atoms with E-state index >= 15 is 0 Å². The molecule has 0 aromatic heterocycles. The number of para-hydroxylation sites is 1. The van der Waals surface area contributed by atoms with Crippen LogP contribution in [-0.4, -0.2) is 54.5 Å². The van der Waals surface area contributed by atoms with Gasteiger partial charge in [-0.3, -0.25) is 4.79 Å². The number of carbonyl (C=O) groups excluding carboxylic acids is 1. The average Bonchev–Trinajstić information content (AvgIpc) is 2.51. The van der Waals surface area contributed by atoms with Crippen molar-refractivity contribution in [3.63, 3.8) is 0 Å². The Morgan fingerprint density at radius 1 is 1.18 bits per heavy atom. The van der Waals surface area contributed by atoms with Gasteiger partial charge >= 0.3 is 0 Å². The number of amides is 1. The molecular formula is C17H23FN2O2. The minimum absolute atomic E-state index is 0.0872. The second-order valence-electron chi connectivity index (χ2n) is 6.12. The summed E-state index contributed by atoms with van der Waals surface area (Å²) in [5.41, 5.74) is 0. The van der Waals surface area contributed by atoms with Gasteiger partial charge in [-0.05, 0) is 38.1 Å². The Morgan fingerprint density at radius 3 is 2.64 bits per heavy atom. The molecule has 2 heterocycles. The molecule has 0 unspecified atom stereocenters. The van der Waals surface area contributed by atoms with Crippen LogP contribution in [0.4, 0.5) is 4.39 Å². The van der Waals surface area contributed by atoms with Gasteiger partial charge in [0, 0.05) is 13.0 Å². The average molecular weight is 306 g/mol. The number of ether oxygens (including phenoxy) is 1. The third kappa shape index (κ3) is 3.77. The second-order valence-corrected chi connectivity index (χ2v) is 6.12. The molecular weight excluding hydrogens is 283 g/mol. The highest BCUT2D eigenvalue weighted by Crippen LogP contribution is 2.21. The van der Waals surface area contributed by atoms with Crippen molar-refractivity contribution in [3.8, 4) is 5.75 Å². The Hall–Kier alpha value is -1.62. The Morgan fingerprint density at radius 2 is 1.91 bits per heavy atom. The lowest BCUT2D eigenvalue weighted by atomic mass is 10.1. The molecule has 3 rings (SSSR count). The highest BCUT2D eigenvalue weighted by atomic mass is 19.1. The summed E-state index contributed by atoms with van der Waals surface area (Å²) in [6.07, 6.45) is 4.29. The summed E-state index contributed by atoms with van der Waals surface area (Å²) in [5, 5.41) is 0. The van der Waals surface area contributed by atoms with Crippen LogP contribution >= 0.6 is 0 Å². The standard InChI is InChI=1S/C17H23FN2O2/c18-15-6-2-3-7-16(15)22-14-12-20(13-14)17(21)8-11-19-9-4-1-5-10-19/h2-3,6-7,14H,1,4-5,8-13H2. The lowest BCUT2D eigenvalue weighted by molar-refractivity contribution is -0.140. The molecule has 1 aromatic carbocycles. The number of benzene rings is 1. The van der Waals surface area contributed by atoms with Crippen molar-refractivity contribution in [2.24, 2.45) is 0 Å². The zero-order valence-corrected chi connectivity index (χ0v) is 12.8. The molecule has 0 aliphatic carbocycles. The lowest BCUT2D eigenvalue weighted by Crippen LogP contribution is -2.56. The van der Waals surface area contributed by atoms with E-state index in [0.717, 1.165) is 19.6 Å². The van der Waals surface area contributed by atoms with Gasteiger partial charge in [-0.25, -0.2) is 4.39 Å². The van der Waals surface area contributed by atoms with Gasteiger partial charge in [0.15, 0.2) is 11.6 Å². The Labute approximate surface area is 130 Å². The number of halogens is 1. The summed E-state index contributed by atoms with van der Waals surface area (Å²) in [4.78, 5) is 16.3. The first-order chi connectivity index (χ1) is 10.7. The maximum absolute atomic E-state index is 13.5. The van der Waals surface area contributed by atoms with Crippen LogP contribution in [0.2, 0.25) is 0 Å². The Balaban J connectivity index is 1.37. The molecule has 0 N–H and O–H groups in total. The van der Waals surface area contributed by atoms with Crippen molar-refractivity contribution in [2.75, 3.05) is 32.7 Å². The van der Waals surface area contributed by atoms with Gasteiger partial charge in [-0.15, -0.1) is 0 Å². The van der Waals surface area contributed by atoms with Crippen molar-refractivity contribution in [3.05, 3.63) is 30.1 Å². The van der Waals surface area contributed by atoms with E-state index in [2.05, 4.69) is 4.90 Å². The van der Waals surface area contributed by atoms with Gasteiger partial charge in [0.2, 0.25) is 5.91 Å². The topological polar surface area (TPSA) is 32.8 Å². The van der Waals surface area contributed by atoms with E-state index in [1.165, 1.54) is 25.3 Å². The molecule has 2 aliphatic rings. The van der Waals surface area contributed by atoms with E-state index in [4.69, 9.17) is 4.74 Å². The number of nitrogens with zero attached hydrogens (tertiary/aromatic N) is 2. The number of rotatable bonds is 5. The molecule has 0 atom stereocenters. The van der Waals surface area contributed by atoms with Gasteiger partial charge in [0.05, 0.1) is 13.1 Å². The zero-order chi connectivity index (χ0) is 15.4. The van der Waals surface area contributed by atoms with E-state index in [0.29, 0.717) is 19.5 Å². The quantitative estimate of drug-likeness (QED) is 0.837. The van der Waals surface area contributed by atoms with Gasteiger partial charge in [-0.2, -0.15) is 0 Å². The first-order valence-corrected chi connectivity index (χ1v) is 8.14. The van der Waals surface area contributed by atoms with Crippen LogP contribution in [0.3, 0.4) is 0 Å². The molecule has 5 heteroatoms. The molecule has 0 bridgehead atoms. The third-order valence-electron chi connectivity index (χ3n) is 4.42. The maximum atomic E-state index is 13.5. The molecule has 0 spiro atoms. The first-order valence-electron chi connectivity index (χ1n) is 8.14. The molecule has 4 nitrogen and oxygen atoms in total. The number of carbonyl (C=O) groups is 1. The van der Waals surface area contributed by atoms with Gasteiger partial charge in [0.1, 0.15) is 6.10 Å². The fraction of sp³-hybridized carbons (Fsp3) is 0.588. The third-order valence-corrected chi connectivity index (χ3v) is 4.42. The summed E-state index contributed by atoms with van der Waals surface area (Å²) in [5.74, 6) is 0.101. The van der Waals surface area contributed by atoms with Crippen molar-refractivity contribution < 1.29 is 13.9 Å². The molecule has 0 saturated carbocycles. The van der Waals surface area contributed by atoms with Crippen molar-refractivity contribution in [2.45, 2.75) is 31.8 Å². The smallest absolute Gasteiger partial charge is 0.224 e. The minimum atomic E-state index is -0.350. The lowest BCUT2D eigenvalue weighted by Gasteiger charge is -2.39. The van der Waals surface area contributed by atoms with Crippen LogP contribution in [0.15, 0.2) is 24.3 Å². The molecule has 2 aliphatic heterocycles. The highest BCUT2D eigenvalue weighted by molar-refractivity contribution is 5.77. The van der Waals surface area contributed by atoms with E-state index in [1.54, 1.807) is 23.1 Å². The summed E-state index contributed by atoms with van der Waals surface area (Å²) < 4.78 is 19.1. The van der Waals surface area contributed by atoms with Crippen molar-refractivity contribution >= 4 is 5.91 Å². The van der Waals surface area contributed by atoms with Gasteiger partial charge in [0.25, 0.3) is 0 Å². The summed E-state index contributed by atoms with van der Waals surface area (Å²) >= 11 is 0. The molecule has 1 aromatic rings. The van der Waals surface area contributed by atoms with Crippen LogP contribution in [0.1, 0.15) is 25.7 Å². The van der Waals surface area contributed by atoms with E-state index in [1.807, 2.05) is 0 Å². The summed E-state index contributed by atoms with van der Waals surface area (Å²) in [6.45, 7) is 4.22. The minimum Gasteiger partial charge on any atom is -0.484 e. The van der Waals surface area contributed by atoms with Crippen LogP contribution < -0.4 is 4.74 Å². The number of hydrogen-bond acceptors (Lipinski definition) is 3. The molecule has 120 valence electrons. The fourth-order valence-corrected chi connectivity index (χ4v) is 3.03. The monoisotopic (exact) mass is 306 g/mol. The van der Waals surface area contributed by atoms with Gasteiger partial charge < -0.3 is 14.5 Å². The first kappa shape index (κ1) is 15.3. The van der Waals surface area contributed by atoms with E-state index < -0.39 is 0 Å². The number of piperidine rings is 1. The molecule has 22 heavy (non-hydrogen) atoms. The SMILES string of the molecule is O=C(CCN1CCCCC1)N1CC(Oc2ccccc2F)C1. The second kappa shape index (κ2) is 7.09. The predicted octanol–water partition coefficient (Wildman–Crippen LogP) is 2.29. The van der Waals surface area contributed by atoms with Crippen molar-refractivity contribution in [1.29, 1.82) is 0 Å². The normalized spacial score (nSPS) is 19.8.